The summed E-state index contributed by atoms with van der Waals surface area (Å²) in [6, 6.07) is 42.4. The number of hydrogen-bond donors (Lipinski definition) is 3. The normalized spacial score (nSPS) is 21.7. The van der Waals surface area contributed by atoms with Gasteiger partial charge in [-0.2, -0.15) is 0 Å². The summed E-state index contributed by atoms with van der Waals surface area (Å²) in [5, 5.41) is 14.5. The molecular weight excluding hydrogens is 560 g/mol. The van der Waals surface area contributed by atoms with Crippen LogP contribution >= 0.6 is 0 Å². The number of hydrogen-bond acceptors (Lipinski definition) is 3. The third kappa shape index (κ3) is 4.33. The molecule has 1 saturated heterocycles. The van der Waals surface area contributed by atoms with Crippen molar-refractivity contribution in [2.24, 2.45) is 0 Å². The Bertz CT molecular complexity index is 2170. The lowest BCUT2D eigenvalue weighted by Gasteiger charge is -2.41. The first kappa shape index (κ1) is 27.6. The van der Waals surface area contributed by atoms with Crippen LogP contribution in [0.3, 0.4) is 0 Å². The van der Waals surface area contributed by atoms with Gasteiger partial charge < -0.3 is 4.57 Å². The van der Waals surface area contributed by atoms with E-state index in [-0.39, 0.29) is 24.0 Å². The van der Waals surface area contributed by atoms with Crippen molar-refractivity contribution in [1.29, 1.82) is 0 Å². The molecule has 0 amide bonds. The van der Waals surface area contributed by atoms with Crippen LogP contribution in [0.2, 0.25) is 0 Å². The average Bonchev–Trinajstić information content (AvgIpc) is 3.56. The second-order valence-corrected chi connectivity index (χ2v) is 13.4. The van der Waals surface area contributed by atoms with Crippen molar-refractivity contribution in [2.75, 3.05) is 0 Å². The molecule has 3 aliphatic rings. The first-order valence-corrected chi connectivity index (χ1v) is 16.5. The van der Waals surface area contributed by atoms with E-state index in [1.165, 1.54) is 66.3 Å². The fourth-order valence-electron chi connectivity index (χ4n) is 8.02. The lowest BCUT2D eigenvalue weighted by atomic mass is 9.82. The smallest absolute Gasteiger partial charge is 0.142 e. The van der Waals surface area contributed by atoms with E-state index in [2.05, 4.69) is 168 Å². The third-order valence-corrected chi connectivity index (χ3v) is 10.4. The molecule has 2 heterocycles. The molecule has 0 saturated carbocycles. The van der Waals surface area contributed by atoms with Gasteiger partial charge >= 0.3 is 0 Å². The Hall–Kier alpha value is -4.74. The van der Waals surface area contributed by atoms with Crippen molar-refractivity contribution in [3.05, 3.63) is 156 Å². The summed E-state index contributed by atoms with van der Waals surface area (Å²) >= 11 is 0. The van der Waals surface area contributed by atoms with Crippen molar-refractivity contribution >= 4 is 21.8 Å². The van der Waals surface area contributed by atoms with Crippen LogP contribution in [-0.4, -0.2) is 10.7 Å². The fraction of sp³-hybridized carbons (Fsp3) is 0.190. The summed E-state index contributed by atoms with van der Waals surface area (Å²) in [5.41, 5.74) is 12.9. The summed E-state index contributed by atoms with van der Waals surface area (Å²) in [7, 11) is 0. The van der Waals surface area contributed by atoms with Crippen LogP contribution in [0.25, 0.3) is 44.1 Å². The number of nitrogens with zero attached hydrogens (tertiary/aromatic N) is 1. The number of benzene rings is 5. The van der Waals surface area contributed by atoms with Crippen LogP contribution in [0.15, 0.2) is 139 Å². The molecule has 0 spiro atoms. The zero-order valence-electron chi connectivity index (χ0n) is 26.3. The Balaban J connectivity index is 1.29. The van der Waals surface area contributed by atoms with Crippen molar-refractivity contribution < 1.29 is 0 Å². The number of rotatable bonds is 4. The van der Waals surface area contributed by atoms with Crippen molar-refractivity contribution in [1.82, 2.24) is 20.5 Å². The second-order valence-electron chi connectivity index (χ2n) is 13.4. The highest BCUT2D eigenvalue weighted by Gasteiger charge is 2.37. The number of fused-ring (bicyclic) bond motifs is 6. The van der Waals surface area contributed by atoms with Gasteiger partial charge in [-0.25, -0.2) is 0 Å². The Morgan fingerprint density at radius 3 is 2.17 bits per heavy atom. The second kappa shape index (κ2) is 10.7. The van der Waals surface area contributed by atoms with Gasteiger partial charge in [0.25, 0.3) is 0 Å². The maximum Gasteiger partial charge on any atom is 0.142 e. The van der Waals surface area contributed by atoms with E-state index in [0.29, 0.717) is 0 Å². The molecule has 1 aromatic heterocycles. The molecule has 0 radical (unpaired) electrons. The van der Waals surface area contributed by atoms with Crippen LogP contribution in [0.5, 0.6) is 0 Å². The summed E-state index contributed by atoms with van der Waals surface area (Å²) in [4.78, 5) is 0. The van der Waals surface area contributed by atoms with Gasteiger partial charge in [0.15, 0.2) is 0 Å². The number of aromatic nitrogens is 1. The van der Waals surface area contributed by atoms with Crippen LogP contribution in [0.4, 0.5) is 0 Å². The highest BCUT2D eigenvalue weighted by Crippen LogP contribution is 2.51. The first-order chi connectivity index (χ1) is 22.6. The molecule has 3 atom stereocenters. The lowest BCUT2D eigenvalue weighted by Crippen LogP contribution is -2.61. The predicted octanol–water partition coefficient (Wildman–Crippen LogP) is 9.31. The van der Waals surface area contributed by atoms with Gasteiger partial charge in [0, 0.05) is 16.2 Å². The van der Waals surface area contributed by atoms with Crippen LogP contribution in [0, 0.1) is 0 Å². The molecule has 2 aliphatic carbocycles. The molecule has 226 valence electrons. The highest BCUT2D eigenvalue weighted by molar-refractivity contribution is 6.11. The molecular formula is C42H38N4. The average molecular weight is 599 g/mol. The zero-order chi connectivity index (χ0) is 30.8. The standard InChI is InChI=1S/C42H38N4/c1-42(2)35-21-13-12-20-31(35)33-25-34-32-23-22-30(27-14-6-3-7-15-27)24-37(32)46(38(34)26-36(33)42)41-44-39(28-16-8-4-9-17-28)43-40(45-41)29-18-10-5-11-19-29/h3-10,12-18,20-26,39-41,43-45H,11,19H2,1-2H3. The van der Waals surface area contributed by atoms with E-state index in [1.807, 2.05) is 0 Å². The van der Waals surface area contributed by atoms with Gasteiger partial charge in [0.05, 0.1) is 23.4 Å². The van der Waals surface area contributed by atoms with E-state index in [0.717, 1.165) is 12.8 Å². The summed E-state index contributed by atoms with van der Waals surface area (Å²) in [6.07, 6.45) is 8.70. The maximum absolute atomic E-state index is 4.01. The number of allylic oxidation sites excluding steroid dienone is 3. The molecule has 9 rings (SSSR count). The van der Waals surface area contributed by atoms with Gasteiger partial charge in [0.1, 0.15) is 6.29 Å². The highest BCUT2D eigenvalue weighted by atomic mass is 15.4. The fourth-order valence-corrected chi connectivity index (χ4v) is 8.02. The Labute approximate surface area is 270 Å². The zero-order valence-corrected chi connectivity index (χ0v) is 26.3. The monoisotopic (exact) mass is 598 g/mol. The molecule has 3 N–H and O–H groups in total. The summed E-state index contributed by atoms with van der Waals surface area (Å²) in [6.45, 7) is 4.74. The van der Waals surface area contributed by atoms with Gasteiger partial charge in [-0.15, -0.1) is 0 Å². The van der Waals surface area contributed by atoms with E-state index in [1.54, 1.807) is 0 Å². The lowest BCUT2D eigenvalue weighted by molar-refractivity contribution is 0.175. The summed E-state index contributed by atoms with van der Waals surface area (Å²) in [5.74, 6) is 0. The van der Waals surface area contributed by atoms with Crippen molar-refractivity contribution in [3.63, 3.8) is 0 Å². The van der Waals surface area contributed by atoms with Gasteiger partial charge in [0.2, 0.25) is 0 Å². The molecule has 3 unspecified atom stereocenters. The number of nitrogens with one attached hydrogen (secondary N) is 3. The van der Waals surface area contributed by atoms with Crippen molar-refractivity contribution in [3.8, 4) is 22.3 Å². The van der Waals surface area contributed by atoms with Gasteiger partial charge in [-0.3, -0.25) is 16.0 Å². The quantitative estimate of drug-likeness (QED) is 0.189. The van der Waals surface area contributed by atoms with Crippen LogP contribution in [-0.2, 0) is 5.41 Å². The molecule has 4 heteroatoms. The Morgan fingerprint density at radius 1 is 0.630 bits per heavy atom. The molecule has 46 heavy (non-hydrogen) atoms. The molecule has 0 bridgehead atoms. The molecule has 1 fully saturated rings. The SMILES string of the molecule is CC1(C)c2ccccc2-c2cc3c4ccc(-c5ccccc5)cc4n(C4NC(C5=CC=CCC5)NC(c5ccccc5)N4)c3cc21. The molecule has 1 aliphatic heterocycles. The van der Waals surface area contributed by atoms with Crippen LogP contribution in [0.1, 0.15) is 55.8 Å². The van der Waals surface area contributed by atoms with Crippen molar-refractivity contribution in [2.45, 2.75) is 50.7 Å². The van der Waals surface area contributed by atoms with Gasteiger partial charge in [-0.1, -0.05) is 129 Å². The third-order valence-electron chi connectivity index (χ3n) is 10.4. The minimum atomic E-state index is -0.153. The topological polar surface area (TPSA) is 41.0 Å². The first-order valence-electron chi connectivity index (χ1n) is 16.5. The van der Waals surface area contributed by atoms with E-state index < -0.39 is 0 Å². The van der Waals surface area contributed by atoms with E-state index in [4.69, 9.17) is 0 Å². The Morgan fingerprint density at radius 2 is 1.37 bits per heavy atom. The molecule has 4 nitrogen and oxygen atoms in total. The van der Waals surface area contributed by atoms with E-state index >= 15 is 0 Å². The minimum Gasteiger partial charge on any atom is -0.311 e. The molecule has 5 aromatic carbocycles. The van der Waals surface area contributed by atoms with E-state index in [9.17, 15) is 0 Å². The minimum absolute atomic E-state index is 0.0239. The Kier molecular flexibility index (Phi) is 6.39. The largest absolute Gasteiger partial charge is 0.311 e. The van der Waals surface area contributed by atoms with Crippen LogP contribution < -0.4 is 16.0 Å². The predicted molar refractivity (Wildman–Crippen MR) is 190 cm³/mol. The van der Waals surface area contributed by atoms with Gasteiger partial charge in [-0.05, 0) is 75.6 Å². The maximum atomic E-state index is 4.01. The molecule has 6 aromatic rings. The summed E-state index contributed by atoms with van der Waals surface area (Å²) < 4.78 is 2.53.